The summed E-state index contributed by atoms with van der Waals surface area (Å²) in [6.07, 6.45) is 0.165. The van der Waals surface area contributed by atoms with Gasteiger partial charge in [0.05, 0.1) is 35.1 Å². The summed E-state index contributed by atoms with van der Waals surface area (Å²) in [6, 6.07) is 8.07. The van der Waals surface area contributed by atoms with Crippen LogP contribution in [0.25, 0.3) is 32.7 Å². The lowest BCUT2D eigenvalue weighted by Gasteiger charge is -2.31. The predicted molar refractivity (Wildman–Crippen MR) is 218 cm³/mol. The Morgan fingerprint density at radius 2 is 1.92 bits per heavy atom. The molecule has 4 heterocycles. The molecule has 2 aromatic carbocycles. The third-order valence-corrected chi connectivity index (χ3v) is 11.5. The summed E-state index contributed by atoms with van der Waals surface area (Å²) < 4.78 is 33.4. The number of carbonyl (C=O) groups is 4. The van der Waals surface area contributed by atoms with E-state index in [4.69, 9.17) is 24.7 Å². The molecular weight excluding hydrogens is 794 g/mol. The lowest BCUT2D eigenvalue weighted by atomic mass is 9.81. The Morgan fingerprint density at radius 1 is 1.16 bits per heavy atom. The zero-order valence-corrected chi connectivity index (χ0v) is 34.4. The summed E-state index contributed by atoms with van der Waals surface area (Å²) in [6.45, 7) is 4.56. The first-order chi connectivity index (χ1) is 29.1. The normalized spacial score (nSPS) is 17.7. The van der Waals surface area contributed by atoms with Crippen LogP contribution in [0.4, 0.5) is 14.9 Å². The second-order valence-corrected chi connectivity index (χ2v) is 15.6. The SMILES string of the molecule is CC[C@@]1(O)C(=O)OCc2c1cc1n(c2=O)Cc2c-1nc1cc(F)c(C)c3c1c2C(NC(=O)COCN(CCN(C)C)C(=O)OCc1ccc(NC(=O)C(C)N=[N+]=[N-])cc1)CC3. The average Bonchev–Trinajstić information content (AvgIpc) is 3.61. The van der Waals surface area contributed by atoms with Crippen LogP contribution in [0.5, 0.6) is 0 Å². The zero-order chi connectivity index (χ0) is 43.7. The van der Waals surface area contributed by atoms with Crippen molar-refractivity contribution in [3.8, 4) is 11.4 Å². The minimum absolute atomic E-state index is 0.0235. The predicted octanol–water partition coefficient (Wildman–Crippen LogP) is 4.44. The number of aryl methyl sites for hydroxylation is 1. The molecule has 0 spiro atoms. The number of anilines is 1. The maximum Gasteiger partial charge on any atom is 0.411 e. The number of azide groups is 1. The average molecular weight is 840 g/mol. The number of esters is 1. The number of cyclic esters (lactones) is 1. The van der Waals surface area contributed by atoms with Gasteiger partial charge in [-0.3, -0.25) is 19.3 Å². The highest BCUT2D eigenvalue weighted by Gasteiger charge is 2.46. The lowest BCUT2D eigenvalue weighted by Crippen LogP contribution is -2.44. The van der Waals surface area contributed by atoms with Crippen LogP contribution in [-0.2, 0) is 60.4 Å². The molecule has 2 aliphatic heterocycles. The molecular formula is C42H46FN9O9. The number of nitrogens with one attached hydrogen (secondary N) is 2. The summed E-state index contributed by atoms with van der Waals surface area (Å²) in [5.74, 6) is -2.22. The van der Waals surface area contributed by atoms with E-state index in [1.807, 2.05) is 19.0 Å². The van der Waals surface area contributed by atoms with Gasteiger partial charge in [0.2, 0.25) is 11.8 Å². The second-order valence-electron chi connectivity index (χ2n) is 15.6. The van der Waals surface area contributed by atoms with Gasteiger partial charge in [0, 0.05) is 46.3 Å². The Balaban J connectivity index is 1.06. The Kier molecular flexibility index (Phi) is 12.1. The van der Waals surface area contributed by atoms with Crippen molar-refractivity contribution in [2.75, 3.05) is 45.8 Å². The van der Waals surface area contributed by atoms with E-state index in [9.17, 15) is 29.1 Å². The molecule has 0 saturated carbocycles. The summed E-state index contributed by atoms with van der Waals surface area (Å²) in [4.78, 5) is 76.4. The Morgan fingerprint density at radius 3 is 2.62 bits per heavy atom. The zero-order valence-electron chi connectivity index (χ0n) is 34.4. The van der Waals surface area contributed by atoms with Gasteiger partial charge in [0.1, 0.15) is 38.4 Å². The van der Waals surface area contributed by atoms with Crippen molar-refractivity contribution in [3.05, 3.63) is 102 Å². The third kappa shape index (κ3) is 8.24. The molecule has 0 fully saturated rings. The van der Waals surface area contributed by atoms with Gasteiger partial charge in [-0.15, -0.1) is 0 Å². The molecule has 18 nitrogen and oxygen atoms in total. The van der Waals surface area contributed by atoms with E-state index < -0.39 is 59.5 Å². The first-order valence-electron chi connectivity index (χ1n) is 19.8. The topological polar surface area (TPSA) is 230 Å². The number of halogens is 1. The highest BCUT2D eigenvalue weighted by atomic mass is 19.1. The molecule has 0 bridgehead atoms. The molecule has 3 aliphatic rings. The summed E-state index contributed by atoms with van der Waals surface area (Å²) in [5.41, 5.74) is 11.2. The molecule has 2 unspecified atom stereocenters. The first-order valence-corrected chi connectivity index (χ1v) is 19.8. The van der Waals surface area contributed by atoms with Crippen molar-refractivity contribution < 1.29 is 42.9 Å². The van der Waals surface area contributed by atoms with Crippen molar-refractivity contribution in [2.24, 2.45) is 5.11 Å². The van der Waals surface area contributed by atoms with Crippen LogP contribution in [0.2, 0.25) is 0 Å². The Labute approximate surface area is 349 Å². The van der Waals surface area contributed by atoms with Gasteiger partial charge in [0.15, 0.2) is 5.60 Å². The van der Waals surface area contributed by atoms with E-state index in [1.54, 1.807) is 44.2 Å². The number of aliphatic hydroxyl groups is 1. The largest absolute Gasteiger partial charge is 0.458 e. The molecule has 0 saturated heterocycles. The highest BCUT2D eigenvalue weighted by Crippen LogP contribution is 2.46. The van der Waals surface area contributed by atoms with E-state index in [-0.39, 0.29) is 50.6 Å². The quantitative estimate of drug-likeness (QED) is 0.0465. The Hall–Kier alpha value is -6.40. The van der Waals surface area contributed by atoms with Gasteiger partial charge in [-0.2, -0.15) is 0 Å². The monoisotopic (exact) mass is 839 g/mol. The molecule has 1 aliphatic carbocycles. The van der Waals surface area contributed by atoms with Crippen LogP contribution in [0.3, 0.4) is 0 Å². The van der Waals surface area contributed by atoms with E-state index in [2.05, 4.69) is 20.7 Å². The van der Waals surface area contributed by atoms with Gasteiger partial charge < -0.3 is 39.4 Å². The number of carbonyl (C=O) groups excluding carboxylic acids is 4. The van der Waals surface area contributed by atoms with Crippen LogP contribution in [0.1, 0.15) is 71.7 Å². The van der Waals surface area contributed by atoms with Crippen LogP contribution >= 0.6 is 0 Å². The van der Waals surface area contributed by atoms with Gasteiger partial charge in [-0.05, 0) is 93.2 Å². The minimum atomic E-state index is -2.02. The molecule has 0 radical (unpaired) electrons. The molecule has 3 atom stereocenters. The number of benzene rings is 2. The minimum Gasteiger partial charge on any atom is -0.458 e. The Bertz CT molecular complexity index is 2560. The maximum atomic E-state index is 15.3. The number of rotatable bonds is 14. The van der Waals surface area contributed by atoms with Crippen molar-refractivity contribution in [1.29, 1.82) is 0 Å². The van der Waals surface area contributed by atoms with E-state index in [1.165, 1.54) is 22.5 Å². The van der Waals surface area contributed by atoms with Crippen LogP contribution in [-0.4, -0.2) is 94.9 Å². The standard InChI is InChI=1S/C42H46FN9O9/c1-6-42(58)29-15-33-37-27(17-52(33)39(55)28(29)19-60-40(42)56)36-31(12-11-26-22(2)30(43)16-32(47-37)35(26)36)46-34(53)20-59-21-51(14-13-50(4)5)41(57)61-18-24-7-9-25(10-8-24)45-38(54)23(3)48-49-44/h7-10,15-16,23,31,58H,6,11-14,17-21H2,1-5H3,(H,45,54)(H,46,53)/t23?,31?,42-/m0/s1. The van der Waals surface area contributed by atoms with Crippen LogP contribution < -0.4 is 16.2 Å². The summed E-state index contributed by atoms with van der Waals surface area (Å²) in [5, 5.41) is 21.1. The van der Waals surface area contributed by atoms with Gasteiger partial charge in [-0.25, -0.2) is 19.0 Å². The molecule has 320 valence electrons. The number of hydrogen-bond acceptors (Lipinski definition) is 12. The molecule has 3 amide bonds. The fraction of sp³-hybridized carbons (Fsp3) is 0.429. The molecule has 3 N–H and O–H groups in total. The fourth-order valence-corrected chi connectivity index (χ4v) is 8.01. The number of ether oxygens (including phenoxy) is 3. The molecule has 2 aromatic heterocycles. The second kappa shape index (κ2) is 17.3. The molecule has 19 heteroatoms. The molecule has 7 rings (SSSR count). The summed E-state index contributed by atoms with van der Waals surface area (Å²) >= 11 is 0. The van der Waals surface area contributed by atoms with E-state index in [0.29, 0.717) is 69.6 Å². The maximum absolute atomic E-state index is 15.3. The number of nitrogens with zero attached hydrogens (tertiary/aromatic N) is 7. The molecule has 4 aromatic rings. The smallest absolute Gasteiger partial charge is 0.411 e. The molecule has 61 heavy (non-hydrogen) atoms. The fourth-order valence-electron chi connectivity index (χ4n) is 8.01. The van der Waals surface area contributed by atoms with Crippen LogP contribution in [0, 0.1) is 12.7 Å². The number of likely N-dealkylation sites (N-methyl/N-ethyl adjacent to an activating group) is 1. The summed E-state index contributed by atoms with van der Waals surface area (Å²) in [7, 11) is 3.69. The van der Waals surface area contributed by atoms with E-state index >= 15 is 4.39 Å². The number of pyridine rings is 2. The van der Waals surface area contributed by atoms with Gasteiger partial charge >= 0.3 is 12.1 Å². The van der Waals surface area contributed by atoms with E-state index in [0.717, 1.165) is 5.56 Å². The van der Waals surface area contributed by atoms with Gasteiger partial charge in [0.25, 0.3) is 5.56 Å². The van der Waals surface area contributed by atoms with Gasteiger partial charge in [-0.1, -0.05) is 24.2 Å². The lowest BCUT2D eigenvalue weighted by molar-refractivity contribution is -0.172. The van der Waals surface area contributed by atoms with Crippen LogP contribution in [0.15, 0.2) is 46.3 Å². The highest BCUT2D eigenvalue weighted by molar-refractivity contribution is 5.95. The number of fused-ring (bicyclic) bond motifs is 5. The van der Waals surface area contributed by atoms with Crippen molar-refractivity contribution in [2.45, 2.75) is 77.5 Å². The van der Waals surface area contributed by atoms with Crippen molar-refractivity contribution in [3.63, 3.8) is 0 Å². The number of hydrogen-bond donors (Lipinski definition) is 3. The third-order valence-electron chi connectivity index (χ3n) is 11.5. The van der Waals surface area contributed by atoms with Crippen molar-refractivity contribution in [1.82, 2.24) is 24.7 Å². The first kappa shape index (κ1) is 42.7. The number of amides is 3. The van der Waals surface area contributed by atoms with Crippen molar-refractivity contribution >= 4 is 40.5 Å². The number of aromatic nitrogens is 2.